The van der Waals surface area contributed by atoms with E-state index in [4.69, 9.17) is 0 Å². The number of carbonyl (C=O) groups excluding carboxylic acids is 2. The van der Waals surface area contributed by atoms with Crippen molar-refractivity contribution in [1.29, 1.82) is 0 Å². The van der Waals surface area contributed by atoms with Crippen LogP contribution in [0.2, 0.25) is 0 Å². The summed E-state index contributed by atoms with van der Waals surface area (Å²) in [4.78, 5) is 32.7. The average Bonchev–Trinajstić information content (AvgIpc) is 3.34. The van der Waals surface area contributed by atoms with E-state index in [1.54, 1.807) is 30.6 Å². The smallest absolute Gasteiger partial charge is 0.253 e. The Kier molecular flexibility index (Phi) is 5.65. The Labute approximate surface area is 179 Å². The van der Waals surface area contributed by atoms with Crippen molar-refractivity contribution < 1.29 is 18.0 Å². The number of rotatable bonds is 7. The molecule has 2 aromatic rings. The molecule has 0 radical (unpaired) electrons. The van der Waals surface area contributed by atoms with Gasteiger partial charge in [0.15, 0.2) is 15.5 Å². The third kappa shape index (κ3) is 5.01. The van der Waals surface area contributed by atoms with Crippen LogP contribution in [0.25, 0.3) is 11.7 Å². The first kappa shape index (κ1) is 21.2. The molecule has 2 amide bonds. The molecule has 1 aliphatic carbocycles. The van der Waals surface area contributed by atoms with Crippen LogP contribution in [0.5, 0.6) is 0 Å². The summed E-state index contributed by atoms with van der Waals surface area (Å²) in [5, 5.41) is 13.1. The van der Waals surface area contributed by atoms with E-state index in [1.807, 2.05) is 0 Å². The molecular formula is C19H25N7O4S. The summed E-state index contributed by atoms with van der Waals surface area (Å²) in [5.41, 5.74) is 1.39. The molecule has 1 saturated carbocycles. The molecule has 1 atom stereocenters. The highest BCUT2D eigenvalue weighted by atomic mass is 32.2. The first-order valence-electron chi connectivity index (χ1n) is 10.3. The van der Waals surface area contributed by atoms with Crippen LogP contribution in [0.4, 0.5) is 11.9 Å². The zero-order chi connectivity index (χ0) is 22.2. The van der Waals surface area contributed by atoms with Gasteiger partial charge in [0, 0.05) is 29.6 Å². The highest BCUT2D eigenvalue weighted by molar-refractivity contribution is 7.91. The summed E-state index contributed by atoms with van der Waals surface area (Å²) >= 11 is 0. The number of hydrogen-bond acceptors (Lipinski definition) is 9. The highest BCUT2D eigenvalue weighted by Gasteiger charge is 2.29. The van der Waals surface area contributed by atoms with Gasteiger partial charge in [-0.15, -0.1) is 0 Å². The Hall–Kier alpha value is -3.02. The fraction of sp³-hybridized carbons (Fsp3) is 0.526. The minimum absolute atomic E-state index is 0.0453. The molecule has 0 aromatic carbocycles. The lowest BCUT2D eigenvalue weighted by Crippen LogP contribution is -2.30. The number of imide groups is 1. The van der Waals surface area contributed by atoms with E-state index in [0.717, 1.165) is 12.8 Å². The maximum absolute atomic E-state index is 12.2. The van der Waals surface area contributed by atoms with Gasteiger partial charge < -0.3 is 10.6 Å². The van der Waals surface area contributed by atoms with E-state index >= 15 is 0 Å². The number of fused-ring (bicyclic) bond motifs is 1. The van der Waals surface area contributed by atoms with Gasteiger partial charge in [-0.2, -0.15) is 19.6 Å². The molecule has 1 saturated heterocycles. The maximum atomic E-state index is 12.2. The van der Waals surface area contributed by atoms with Gasteiger partial charge in [-0.3, -0.25) is 14.9 Å². The average molecular weight is 448 g/mol. The molecule has 2 aliphatic rings. The lowest BCUT2D eigenvalue weighted by atomic mass is 10.2. The first-order chi connectivity index (χ1) is 14.7. The molecule has 12 heteroatoms. The first-order valence-corrected chi connectivity index (χ1v) is 12.1. The Morgan fingerprint density at radius 3 is 2.61 bits per heavy atom. The Bertz CT molecular complexity index is 1170. The topological polar surface area (TPSA) is 147 Å². The SMILES string of the molecule is CCC(=O)NC(=O)C(C)=Cc1cnn2c(NC3CC3)nc(NC3CCS(=O)(=O)C3)nc12. The van der Waals surface area contributed by atoms with Crippen molar-refractivity contribution in [3.05, 3.63) is 17.3 Å². The van der Waals surface area contributed by atoms with Crippen LogP contribution < -0.4 is 16.0 Å². The van der Waals surface area contributed by atoms with E-state index in [9.17, 15) is 18.0 Å². The number of hydrogen-bond donors (Lipinski definition) is 3. The summed E-state index contributed by atoms with van der Waals surface area (Å²) in [7, 11) is -3.04. The summed E-state index contributed by atoms with van der Waals surface area (Å²) < 4.78 is 25.1. The third-order valence-electron chi connectivity index (χ3n) is 5.18. The van der Waals surface area contributed by atoms with Crippen LogP contribution in [-0.4, -0.2) is 63.4 Å². The van der Waals surface area contributed by atoms with E-state index in [2.05, 4.69) is 31.0 Å². The molecule has 1 aliphatic heterocycles. The van der Waals surface area contributed by atoms with Gasteiger partial charge in [-0.1, -0.05) is 6.92 Å². The molecule has 2 fully saturated rings. The van der Waals surface area contributed by atoms with Crippen molar-refractivity contribution in [3.8, 4) is 0 Å². The monoisotopic (exact) mass is 447 g/mol. The number of nitrogens with zero attached hydrogens (tertiary/aromatic N) is 4. The third-order valence-corrected chi connectivity index (χ3v) is 6.94. The van der Waals surface area contributed by atoms with Crippen LogP contribution in [0.15, 0.2) is 11.8 Å². The molecule has 1 unspecified atom stereocenters. The van der Waals surface area contributed by atoms with Crippen molar-refractivity contribution in [1.82, 2.24) is 24.9 Å². The van der Waals surface area contributed by atoms with Crippen molar-refractivity contribution in [2.75, 3.05) is 22.1 Å². The number of anilines is 2. The predicted octanol–water partition coefficient (Wildman–Crippen LogP) is 0.754. The second kappa shape index (κ2) is 8.25. The number of nitrogens with one attached hydrogen (secondary N) is 3. The Morgan fingerprint density at radius 2 is 1.97 bits per heavy atom. The van der Waals surface area contributed by atoms with Crippen molar-refractivity contribution in [2.45, 2.75) is 51.6 Å². The number of sulfone groups is 1. The minimum Gasteiger partial charge on any atom is -0.351 e. The molecule has 3 heterocycles. The molecule has 0 bridgehead atoms. The highest BCUT2D eigenvalue weighted by Crippen LogP contribution is 2.26. The van der Waals surface area contributed by atoms with Gasteiger partial charge in [0.05, 0.1) is 17.7 Å². The van der Waals surface area contributed by atoms with Crippen LogP contribution in [0.3, 0.4) is 0 Å². The summed E-state index contributed by atoms with van der Waals surface area (Å²) in [6.07, 6.45) is 5.97. The maximum Gasteiger partial charge on any atom is 0.253 e. The fourth-order valence-corrected chi connectivity index (χ4v) is 4.94. The fourth-order valence-electron chi connectivity index (χ4n) is 3.27. The molecule has 11 nitrogen and oxygen atoms in total. The van der Waals surface area contributed by atoms with Gasteiger partial charge in [0.2, 0.25) is 17.8 Å². The zero-order valence-electron chi connectivity index (χ0n) is 17.4. The van der Waals surface area contributed by atoms with Crippen molar-refractivity contribution in [3.63, 3.8) is 0 Å². The van der Waals surface area contributed by atoms with E-state index in [0.29, 0.717) is 41.1 Å². The largest absolute Gasteiger partial charge is 0.351 e. The Morgan fingerprint density at radius 1 is 1.19 bits per heavy atom. The van der Waals surface area contributed by atoms with Crippen molar-refractivity contribution in [2.24, 2.45) is 0 Å². The zero-order valence-corrected chi connectivity index (χ0v) is 18.2. The van der Waals surface area contributed by atoms with Crippen LogP contribution in [0.1, 0.15) is 45.1 Å². The quantitative estimate of drug-likeness (QED) is 0.523. The van der Waals surface area contributed by atoms with E-state index < -0.39 is 15.7 Å². The van der Waals surface area contributed by atoms with Crippen LogP contribution >= 0.6 is 0 Å². The summed E-state index contributed by atoms with van der Waals surface area (Å²) in [6.45, 7) is 3.28. The van der Waals surface area contributed by atoms with Gasteiger partial charge in [0.1, 0.15) is 0 Å². The summed E-state index contributed by atoms with van der Waals surface area (Å²) in [5.74, 6) is 0.157. The number of amides is 2. The van der Waals surface area contributed by atoms with Gasteiger partial charge in [-0.05, 0) is 32.3 Å². The molecule has 0 spiro atoms. The minimum atomic E-state index is -3.04. The molecule has 166 valence electrons. The second-order valence-corrected chi connectivity index (χ2v) is 10.2. The molecular weight excluding hydrogens is 422 g/mol. The van der Waals surface area contributed by atoms with Gasteiger partial charge in [-0.25, -0.2) is 8.42 Å². The lowest BCUT2D eigenvalue weighted by molar-refractivity contribution is -0.128. The normalized spacial score (nSPS) is 20.6. The molecule has 31 heavy (non-hydrogen) atoms. The van der Waals surface area contributed by atoms with Crippen LogP contribution in [0, 0.1) is 0 Å². The van der Waals surface area contributed by atoms with Gasteiger partial charge in [0.25, 0.3) is 5.91 Å². The van der Waals surface area contributed by atoms with E-state index in [1.165, 1.54) is 0 Å². The summed E-state index contributed by atoms with van der Waals surface area (Å²) in [6, 6.07) is 0.0595. The van der Waals surface area contributed by atoms with E-state index in [-0.39, 0.29) is 29.9 Å². The number of carbonyl (C=O) groups is 2. The molecule has 3 N–H and O–H groups in total. The van der Waals surface area contributed by atoms with Gasteiger partial charge >= 0.3 is 0 Å². The van der Waals surface area contributed by atoms with Crippen molar-refractivity contribution >= 4 is 45.3 Å². The van der Waals surface area contributed by atoms with Crippen LogP contribution in [-0.2, 0) is 19.4 Å². The standard InChI is InChI=1S/C19H25N7O4S/c1-3-15(27)23-17(28)11(2)8-12-9-20-26-16(12)24-18(25-19(26)22-13-4-5-13)21-14-6-7-31(29,30)10-14/h8-9,13-14H,3-7,10H2,1-2H3,(H,23,27,28)(H2,21,22,24,25). The molecule has 4 rings (SSSR count). The predicted molar refractivity (Wildman–Crippen MR) is 115 cm³/mol. The second-order valence-electron chi connectivity index (χ2n) is 7.93. The number of aromatic nitrogens is 4. The lowest BCUT2D eigenvalue weighted by Gasteiger charge is -2.13. The molecule has 2 aromatic heterocycles. The Balaban J connectivity index is 1.66.